The first-order chi connectivity index (χ1) is 5.97. The van der Waals surface area contributed by atoms with Crippen LogP contribution in [-0.2, 0) is 9.53 Å². The molecule has 76 valence electrons. The number of hydrogen-bond donors (Lipinski definition) is 1. The molecule has 0 saturated heterocycles. The standard InChI is InChI=1S/C9H17NO3/c1-6(2)5-8(7(3)11)10-9(12)13-4/h6,8H,5H2,1-4H3,(H,10,12)/t8-/m0/s1. The lowest BCUT2D eigenvalue weighted by atomic mass is 10.0. The molecule has 0 radical (unpaired) electrons. The highest BCUT2D eigenvalue weighted by Crippen LogP contribution is 2.05. The van der Waals surface area contributed by atoms with Crippen LogP contribution in [0.2, 0.25) is 0 Å². The molecular weight excluding hydrogens is 170 g/mol. The minimum atomic E-state index is -0.555. The highest BCUT2D eigenvalue weighted by molar-refractivity contribution is 5.85. The zero-order valence-corrected chi connectivity index (χ0v) is 8.59. The molecule has 0 fully saturated rings. The average Bonchev–Trinajstić information content (AvgIpc) is 2.02. The van der Waals surface area contributed by atoms with E-state index in [1.807, 2.05) is 13.8 Å². The van der Waals surface area contributed by atoms with Crippen LogP contribution in [0.15, 0.2) is 0 Å². The fourth-order valence-corrected chi connectivity index (χ4v) is 0.999. The molecule has 0 rings (SSSR count). The molecule has 0 unspecified atom stereocenters. The molecule has 4 heteroatoms. The second kappa shape index (κ2) is 5.56. The van der Waals surface area contributed by atoms with Crippen molar-refractivity contribution in [3.05, 3.63) is 0 Å². The normalized spacial score (nSPS) is 12.4. The summed E-state index contributed by atoms with van der Waals surface area (Å²) >= 11 is 0. The molecule has 13 heavy (non-hydrogen) atoms. The van der Waals surface area contributed by atoms with E-state index in [0.29, 0.717) is 12.3 Å². The second-order valence-corrected chi connectivity index (χ2v) is 3.43. The largest absolute Gasteiger partial charge is 0.453 e. The van der Waals surface area contributed by atoms with Crippen molar-refractivity contribution < 1.29 is 14.3 Å². The second-order valence-electron chi connectivity index (χ2n) is 3.43. The van der Waals surface area contributed by atoms with E-state index in [4.69, 9.17) is 0 Å². The van der Waals surface area contributed by atoms with Gasteiger partial charge in [0.1, 0.15) is 0 Å². The van der Waals surface area contributed by atoms with E-state index in [1.54, 1.807) is 0 Å². The predicted octanol–water partition coefficient (Wildman–Crippen LogP) is 1.35. The molecule has 0 aliphatic carbocycles. The van der Waals surface area contributed by atoms with Gasteiger partial charge in [-0.3, -0.25) is 4.79 Å². The number of ketones is 1. The summed E-state index contributed by atoms with van der Waals surface area (Å²) in [4.78, 5) is 21.9. The maximum Gasteiger partial charge on any atom is 0.407 e. The Labute approximate surface area is 78.6 Å². The van der Waals surface area contributed by atoms with Crippen molar-refractivity contribution in [3.8, 4) is 0 Å². The van der Waals surface area contributed by atoms with Crippen LogP contribution in [0.25, 0.3) is 0 Å². The smallest absolute Gasteiger partial charge is 0.407 e. The minimum Gasteiger partial charge on any atom is -0.453 e. The Bertz CT molecular complexity index is 189. The SMILES string of the molecule is COC(=O)N[C@@H](CC(C)C)C(C)=O. The maximum absolute atomic E-state index is 11.1. The lowest BCUT2D eigenvalue weighted by Crippen LogP contribution is -2.40. The van der Waals surface area contributed by atoms with Gasteiger partial charge >= 0.3 is 6.09 Å². The summed E-state index contributed by atoms with van der Waals surface area (Å²) in [6.07, 6.45) is 0.0885. The van der Waals surface area contributed by atoms with E-state index < -0.39 is 12.1 Å². The molecule has 0 spiro atoms. The summed E-state index contributed by atoms with van der Waals surface area (Å²) in [5.41, 5.74) is 0. The van der Waals surface area contributed by atoms with Gasteiger partial charge in [-0.05, 0) is 19.3 Å². The van der Waals surface area contributed by atoms with Gasteiger partial charge in [0.15, 0.2) is 5.78 Å². The summed E-state index contributed by atoms with van der Waals surface area (Å²) < 4.78 is 4.41. The first kappa shape index (κ1) is 11.9. The van der Waals surface area contributed by atoms with E-state index in [2.05, 4.69) is 10.1 Å². The Hall–Kier alpha value is -1.06. The topological polar surface area (TPSA) is 55.4 Å². The van der Waals surface area contributed by atoms with Gasteiger partial charge in [-0.1, -0.05) is 13.8 Å². The number of carbonyl (C=O) groups is 2. The number of nitrogens with one attached hydrogen (secondary N) is 1. The fourth-order valence-electron chi connectivity index (χ4n) is 0.999. The summed E-state index contributed by atoms with van der Waals surface area (Å²) in [5, 5.41) is 2.49. The Kier molecular flexibility index (Phi) is 5.11. The quantitative estimate of drug-likeness (QED) is 0.722. The van der Waals surface area contributed by atoms with Crippen LogP contribution in [-0.4, -0.2) is 25.0 Å². The fraction of sp³-hybridized carbons (Fsp3) is 0.778. The lowest BCUT2D eigenvalue weighted by Gasteiger charge is -2.16. The van der Waals surface area contributed by atoms with Crippen LogP contribution in [0, 0.1) is 5.92 Å². The van der Waals surface area contributed by atoms with Crippen molar-refractivity contribution >= 4 is 11.9 Å². The van der Waals surface area contributed by atoms with Gasteiger partial charge in [-0.25, -0.2) is 4.79 Å². The molecular formula is C9H17NO3. The predicted molar refractivity (Wildman–Crippen MR) is 49.5 cm³/mol. The van der Waals surface area contributed by atoms with Crippen LogP contribution in [0.1, 0.15) is 27.2 Å². The Balaban J connectivity index is 4.10. The van der Waals surface area contributed by atoms with Gasteiger partial charge < -0.3 is 10.1 Å². The number of hydrogen-bond acceptors (Lipinski definition) is 3. The Morgan fingerprint density at radius 3 is 2.23 bits per heavy atom. The molecule has 4 nitrogen and oxygen atoms in total. The highest BCUT2D eigenvalue weighted by atomic mass is 16.5. The lowest BCUT2D eigenvalue weighted by molar-refractivity contribution is -0.119. The Morgan fingerprint density at radius 2 is 1.92 bits per heavy atom. The molecule has 1 N–H and O–H groups in total. The van der Waals surface area contributed by atoms with E-state index in [0.717, 1.165) is 0 Å². The maximum atomic E-state index is 11.1. The van der Waals surface area contributed by atoms with Gasteiger partial charge in [0.25, 0.3) is 0 Å². The van der Waals surface area contributed by atoms with E-state index in [9.17, 15) is 9.59 Å². The molecule has 1 amide bonds. The van der Waals surface area contributed by atoms with Crippen LogP contribution in [0.4, 0.5) is 4.79 Å². The van der Waals surface area contributed by atoms with Crippen LogP contribution >= 0.6 is 0 Å². The first-order valence-electron chi connectivity index (χ1n) is 4.32. The van der Waals surface area contributed by atoms with Gasteiger partial charge in [-0.15, -0.1) is 0 Å². The van der Waals surface area contributed by atoms with Crippen LogP contribution < -0.4 is 5.32 Å². The molecule has 0 aliphatic rings. The van der Waals surface area contributed by atoms with Gasteiger partial charge in [-0.2, -0.15) is 0 Å². The third kappa shape index (κ3) is 5.22. The number of methoxy groups -OCH3 is 1. The Morgan fingerprint density at radius 1 is 1.38 bits per heavy atom. The summed E-state index contributed by atoms with van der Waals surface area (Å²) in [6.45, 7) is 5.45. The number of alkyl carbamates (subject to hydrolysis) is 1. The zero-order chi connectivity index (χ0) is 10.4. The number of amides is 1. The zero-order valence-electron chi connectivity index (χ0n) is 8.59. The highest BCUT2D eigenvalue weighted by Gasteiger charge is 2.18. The number of carbonyl (C=O) groups excluding carboxylic acids is 2. The van der Waals surface area contributed by atoms with Crippen LogP contribution in [0.3, 0.4) is 0 Å². The molecule has 0 aromatic heterocycles. The number of Topliss-reactive ketones (excluding diaryl/α,β-unsaturated/α-hetero) is 1. The molecule has 0 bridgehead atoms. The van der Waals surface area contributed by atoms with Crippen molar-refractivity contribution in [2.75, 3.05) is 7.11 Å². The first-order valence-corrected chi connectivity index (χ1v) is 4.32. The molecule has 0 saturated carbocycles. The summed E-state index contributed by atoms with van der Waals surface area (Å²) in [5.74, 6) is 0.324. The van der Waals surface area contributed by atoms with Crippen molar-refractivity contribution in [3.63, 3.8) is 0 Å². The molecule has 0 aromatic rings. The number of rotatable bonds is 4. The van der Waals surface area contributed by atoms with Gasteiger partial charge in [0.05, 0.1) is 13.2 Å². The molecule has 0 heterocycles. The number of ether oxygens (including phenoxy) is 1. The van der Waals surface area contributed by atoms with Crippen molar-refractivity contribution in [1.29, 1.82) is 0 Å². The van der Waals surface area contributed by atoms with Gasteiger partial charge in [0.2, 0.25) is 0 Å². The summed E-state index contributed by atoms with van der Waals surface area (Å²) in [7, 11) is 1.28. The van der Waals surface area contributed by atoms with Crippen LogP contribution in [0.5, 0.6) is 0 Å². The molecule has 0 aromatic carbocycles. The molecule has 1 atom stereocenters. The summed E-state index contributed by atoms with van der Waals surface area (Å²) in [6, 6.07) is -0.424. The molecule has 0 aliphatic heterocycles. The average molecular weight is 187 g/mol. The van der Waals surface area contributed by atoms with Crippen molar-refractivity contribution in [2.45, 2.75) is 33.2 Å². The van der Waals surface area contributed by atoms with E-state index >= 15 is 0 Å². The monoisotopic (exact) mass is 187 g/mol. The van der Waals surface area contributed by atoms with E-state index in [-0.39, 0.29) is 5.78 Å². The van der Waals surface area contributed by atoms with E-state index in [1.165, 1.54) is 14.0 Å². The van der Waals surface area contributed by atoms with Crippen molar-refractivity contribution in [2.24, 2.45) is 5.92 Å². The third-order valence-electron chi connectivity index (χ3n) is 1.68. The van der Waals surface area contributed by atoms with Gasteiger partial charge in [0, 0.05) is 0 Å². The minimum absolute atomic E-state index is 0.0425. The van der Waals surface area contributed by atoms with Crippen molar-refractivity contribution in [1.82, 2.24) is 5.32 Å². The third-order valence-corrected chi connectivity index (χ3v) is 1.68.